The molecule has 0 bridgehead atoms. The van der Waals surface area contributed by atoms with Crippen molar-refractivity contribution in [3.8, 4) is 11.5 Å². The maximum absolute atomic E-state index is 14.5. The summed E-state index contributed by atoms with van der Waals surface area (Å²) in [6, 6.07) is 16.0. The number of hydrogen-bond donors (Lipinski definition) is 2. The minimum Gasteiger partial charge on any atom is -0.493 e. The quantitative estimate of drug-likeness (QED) is 0.0356. The number of unbranched alkanes of at least 4 members (excludes halogenated alkanes) is 10. The van der Waals surface area contributed by atoms with E-state index in [1.807, 2.05) is 30.1 Å². The molecule has 0 spiro atoms. The van der Waals surface area contributed by atoms with E-state index >= 15 is 0 Å². The molecule has 4 aliphatic rings. The summed E-state index contributed by atoms with van der Waals surface area (Å²) in [6.45, 7) is 8.02. The van der Waals surface area contributed by atoms with E-state index in [0.717, 1.165) is 105 Å². The van der Waals surface area contributed by atoms with Crippen LogP contribution in [0, 0.1) is 17.8 Å². The highest BCUT2D eigenvalue weighted by Gasteiger charge is 2.65. The maximum atomic E-state index is 14.5. The van der Waals surface area contributed by atoms with E-state index in [4.69, 9.17) is 28.9 Å². The minimum absolute atomic E-state index is 0.0677. The zero-order valence-electron chi connectivity index (χ0n) is 39.0. The first kappa shape index (κ1) is 50.1. The molecule has 7 unspecified atom stereocenters. The van der Waals surface area contributed by atoms with Crippen LogP contribution in [-0.4, -0.2) is 90.7 Å². The number of likely N-dealkylation sites (N-methyl/N-ethyl adjacent to an activating group) is 1. The van der Waals surface area contributed by atoms with Crippen LogP contribution in [0.15, 0.2) is 82.9 Å². The summed E-state index contributed by atoms with van der Waals surface area (Å²) in [4.78, 5) is 23.8. The largest absolute Gasteiger partial charge is 0.493 e. The van der Waals surface area contributed by atoms with Crippen LogP contribution in [-0.2, 0) is 19.1 Å². The number of rotatable bonds is 29. The van der Waals surface area contributed by atoms with Crippen LogP contribution in [0.3, 0.4) is 0 Å². The van der Waals surface area contributed by atoms with E-state index in [-0.39, 0.29) is 49.4 Å². The number of ether oxygens (including phenoxy) is 4. The monoisotopic (exact) mass is 903 g/mol. The van der Waals surface area contributed by atoms with Gasteiger partial charge >= 0.3 is 0 Å². The molecule has 64 heavy (non-hydrogen) atoms. The number of hydrogen-bond acceptors (Lipinski definition) is 10. The van der Waals surface area contributed by atoms with Crippen LogP contribution in [0.2, 0.25) is 0 Å². The lowest BCUT2D eigenvalue weighted by molar-refractivity contribution is -0.256. The van der Waals surface area contributed by atoms with E-state index in [1.54, 1.807) is 17.8 Å². The molecule has 2 N–H and O–H groups in total. The Kier molecular flexibility index (Phi) is 20.9. The van der Waals surface area contributed by atoms with Gasteiger partial charge in [0.2, 0.25) is 18.0 Å². The molecule has 2 fully saturated rings. The van der Waals surface area contributed by atoms with Gasteiger partial charge in [0.15, 0.2) is 0 Å². The van der Waals surface area contributed by atoms with Crippen molar-refractivity contribution >= 4 is 23.4 Å². The van der Waals surface area contributed by atoms with Crippen molar-refractivity contribution in [3.63, 3.8) is 0 Å². The topological polar surface area (TPSA) is 119 Å². The van der Waals surface area contributed by atoms with Crippen molar-refractivity contribution in [2.75, 3.05) is 45.8 Å². The number of thioether (sulfide) groups is 1. The Morgan fingerprint density at radius 1 is 0.953 bits per heavy atom. The molecule has 2 heterocycles. The molecule has 1 amide bonds. The number of oxime groups is 1. The molecule has 6 rings (SSSR count). The molecule has 1 saturated carbocycles. The van der Waals surface area contributed by atoms with Crippen LogP contribution in [0.1, 0.15) is 147 Å². The molecular weight excluding hydrogens is 825 g/mol. The maximum Gasteiger partial charge on any atom is 0.239 e. The van der Waals surface area contributed by atoms with Gasteiger partial charge in [0.1, 0.15) is 17.5 Å². The van der Waals surface area contributed by atoms with Gasteiger partial charge in [-0.05, 0) is 92.7 Å². The molecule has 7 atom stereocenters. The molecule has 1 saturated heterocycles. The Morgan fingerprint density at radius 2 is 1.70 bits per heavy atom. The third-order valence-corrected chi connectivity index (χ3v) is 14.8. The van der Waals surface area contributed by atoms with Gasteiger partial charge in [0.25, 0.3) is 0 Å². The fraction of sp³-hybridized carbons (Fsp3) is 0.660. The van der Waals surface area contributed by atoms with Crippen LogP contribution < -0.4 is 9.47 Å². The fourth-order valence-electron chi connectivity index (χ4n) is 10.5. The predicted molar refractivity (Wildman–Crippen MR) is 257 cm³/mol. The van der Waals surface area contributed by atoms with Crippen LogP contribution in [0.4, 0.5) is 0 Å². The van der Waals surface area contributed by atoms with Gasteiger partial charge in [0, 0.05) is 61.7 Å². The van der Waals surface area contributed by atoms with Gasteiger partial charge in [-0.1, -0.05) is 107 Å². The standard InChI is InChI=1S/C53H78N2O8S/c1-4-6-7-8-9-10-11-12-16-27-49(58)55(3)48-39-46(54-63-50-28-19-22-34-60-50)44-37-40(23-17-20-31-56)43(26-18-21-32-57)51-45-38-41(59-35-36-64-42-24-14-13-15-25-42)29-30-47(45)62-53(48,52(44)51)61-33-5-2/h5,13-15,24-25,29-30,37-38,40,43,48,50-52,56-57H,2,4,6-12,16-23,26-28,31-36,39H2,1,3H3. The zero-order chi connectivity index (χ0) is 45.0. The number of carbonyl (C=O) groups excluding carboxylic acids is 1. The first-order valence-electron chi connectivity index (χ1n) is 24.9. The number of fused-ring (bicyclic) bond motifs is 2. The molecule has 2 aliphatic carbocycles. The van der Waals surface area contributed by atoms with Gasteiger partial charge in [-0.25, -0.2) is 0 Å². The number of benzene rings is 2. The average Bonchev–Trinajstić information content (AvgIpc) is 3.32. The highest BCUT2D eigenvalue weighted by Crippen LogP contribution is 2.62. The Labute approximate surface area is 388 Å². The van der Waals surface area contributed by atoms with Crippen molar-refractivity contribution in [2.24, 2.45) is 22.9 Å². The Balaban J connectivity index is 1.38. The summed E-state index contributed by atoms with van der Waals surface area (Å²) in [7, 11) is 1.91. The van der Waals surface area contributed by atoms with Gasteiger partial charge in [-0.2, -0.15) is 0 Å². The molecule has 0 aromatic heterocycles. The zero-order valence-corrected chi connectivity index (χ0v) is 39.8. The predicted octanol–water partition coefficient (Wildman–Crippen LogP) is 11.4. The van der Waals surface area contributed by atoms with Gasteiger partial charge < -0.3 is 38.9 Å². The van der Waals surface area contributed by atoms with E-state index < -0.39 is 18.1 Å². The second-order valence-corrected chi connectivity index (χ2v) is 19.4. The number of nitrogens with zero attached hydrogens (tertiary/aromatic N) is 2. The van der Waals surface area contributed by atoms with Crippen molar-refractivity contribution in [1.82, 2.24) is 4.90 Å². The highest BCUT2D eigenvalue weighted by atomic mass is 32.2. The molecule has 11 heteroatoms. The highest BCUT2D eigenvalue weighted by molar-refractivity contribution is 7.99. The molecule has 354 valence electrons. The van der Waals surface area contributed by atoms with Gasteiger partial charge in [-0.3, -0.25) is 4.79 Å². The lowest BCUT2D eigenvalue weighted by atomic mass is 9.55. The van der Waals surface area contributed by atoms with E-state index in [9.17, 15) is 15.0 Å². The minimum atomic E-state index is -1.26. The second kappa shape index (κ2) is 26.7. The van der Waals surface area contributed by atoms with E-state index in [1.165, 1.54) is 43.4 Å². The molecule has 0 radical (unpaired) electrons. The molecule has 2 aromatic carbocycles. The van der Waals surface area contributed by atoms with Crippen LogP contribution in [0.5, 0.6) is 11.5 Å². The van der Waals surface area contributed by atoms with E-state index in [2.05, 4.69) is 49.9 Å². The lowest BCUT2D eigenvalue weighted by Gasteiger charge is -2.59. The molecule has 2 aromatic rings. The summed E-state index contributed by atoms with van der Waals surface area (Å²) in [5.74, 6) is 0.955. The fourth-order valence-corrected chi connectivity index (χ4v) is 11.3. The van der Waals surface area contributed by atoms with Crippen molar-refractivity contribution in [1.29, 1.82) is 0 Å². The van der Waals surface area contributed by atoms with E-state index in [0.29, 0.717) is 32.5 Å². The molecular formula is C53H78N2O8S. The first-order valence-corrected chi connectivity index (χ1v) is 25.8. The molecule has 10 nitrogen and oxygen atoms in total. The summed E-state index contributed by atoms with van der Waals surface area (Å²) in [5, 5.41) is 24.9. The van der Waals surface area contributed by atoms with Crippen molar-refractivity contribution in [2.45, 2.75) is 164 Å². The summed E-state index contributed by atoms with van der Waals surface area (Å²) in [5.41, 5.74) is 2.89. The van der Waals surface area contributed by atoms with Crippen molar-refractivity contribution < 1.29 is 38.8 Å². The summed E-state index contributed by atoms with van der Waals surface area (Å²) < 4.78 is 27.0. The third kappa shape index (κ3) is 13.4. The number of aliphatic hydroxyl groups excluding tert-OH is 2. The Hall–Kier alpha value is -3.35. The normalized spacial score (nSPS) is 25.4. The van der Waals surface area contributed by atoms with Crippen LogP contribution in [0.25, 0.3) is 0 Å². The second-order valence-electron chi connectivity index (χ2n) is 18.3. The third-order valence-electron chi connectivity index (χ3n) is 13.8. The molecule has 2 aliphatic heterocycles. The van der Waals surface area contributed by atoms with Crippen molar-refractivity contribution in [3.05, 3.63) is 78.4 Å². The number of aliphatic hydroxyl groups is 2. The number of carbonyl (C=O) groups is 1. The van der Waals surface area contributed by atoms with Gasteiger partial charge in [-0.15, -0.1) is 18.3 Å². The summed E-state index contributed by atoms with van der Waals surface area (Å²) >= 11 is 1.77. The van der Waals surface area contributed by atoms with Gasteiger partial charge in [0.05, 0.1) is 31.5 Å². The lowest BCUT2D eigenvalue weighted by Crippen LogP contribution is -2.69. The van der Waals surface area contributed by atoms with Crippen LogP contribution >= 0.6 is 11.8 Å². The number of amides is 1. The average molecular weight is 903 g/mol. The Morgan fingerprint density at radius 3 is 2.42 bits per heavy atom. The number of allylic oxidation sites excluding steroid dienone is 1. The SMILES string of the molecule is C=CCOC12Oc3ccc(OCCSc4ccccc4)cc3C3C(CCCCO)C(CCCCO)C=C(C(=NOC4CCCCO4)CC1N(C)C(=O)CCCCCCCCCCC)C32. The summed E-state index contributed by atoms with van der Waals surface area (Å²) in [6.07, 6.45) is 22.9. The smallest absolute Gasteiger partial charge is 0.239 e. The first-order chi connectivity index (χ1) is 31.4. The Bertz CT molecular complexity index is 1770.